The van der Waals surface area contributed by atoms with E-state index in [-0.39, 0.29) is 5.82 Å². The molecule has 0 bridgehead atoms. The number of hydrogen-bond acceptors (Lipinski definition) is 1. The lowest BCUT2D eigenvalue weighted by Gasteiger charge is -2.12. The highest BCUT2D eigenvalue weighted by atomic mass is 19.1. The molecule has 1 nitrogen and oxygen atoms in total. The average Bonchev–Trinajstić information content (AvgIpc) is 2.47. The summed E-state index contributed by atoms with van der Waals surface area (Å²) >= 11 is 0. The largest absolute Gasteiger partial charge is 0.496 e. The lowest BCUT2D eigenvalue weighted by Crippen LogP contribution is -1.91. The van der Waals surface area contributed by atoms with Crippen LogP contribution in [0.5, 0.6) is 5.75 Å². The van der Waals surface area contributed by atoms with Crippen LogP contribution in [-0.4, -0.2) is 7.11 Å². The molecule has 0 radical (unpaired) electrons. The topological polar surface area (TPSA) is 9.23 Å². The van der Waals surface area contributed by atoms with Crippen molar-refractivity contribution < 1.29 is 9.13 Å². The fourth-order valence-electron chi connectivity index (χ4n) is 2.52. The van der Waals surface area contributed by atoms with Crippen LogP contribution in [0.15, 0.2) is 54.6 Å². The van der Waals surface area contributed by atoms with Crippen LogP contribution < -0.4 is 4.74 Å². The third-order valence-corrected chi connectivity index (χ3v) is 3.58. The maximum Gasteiger partial charge on any atom is 0.131 e. The Kier molecular flexibility index (Phi) is 3.15. The minimum absolute atomic E-state index is 0.238. The second-order valence-corrected chi connectivity index (χ2v) is 4.83. The van der Waals surface area contributed by atoms with Crippen molar-refractivity contribution in [2.24, 2.45) is 0 Å². The molecule has 0 amide bonds. The van der Waals surface area contributed by atoms with Gasteiger partial charge in [-0.25, -0.2) is 4.39 Å². The van der Waals surface area contributed by atoms with Gasteiger partial charge in [0.2, 0.25) is 0 Å². The Morgan fingerprint density at radius 2 is 1.70 bits per heavy atom. The van der Waals surface area contributed by atoms with Crippen LogP contribution in [-0.2, 0) is 0 Å². The molecule has 3 aromatic rings. The molecule has 0 unspecified atom stereocenters. The first-order chi connectivity index (χ1) is 9.70. The first-order valence-electron chi connectivity index (χ1n) is 6.53. The van der Waals surface area contributed by atoms with Crippen LogP contribution in [0.3, 0.4) is 0 Å². The van der Waals surface area contributed by atoms with Gasteiger partial charge in [-0.05, 0) is 41.5 Å². The Morgan fingerprint density at radius 1 is 0.900 bits per heavy atom. The van der Waals surface area contributed by atoms with Gasteiger partial charge in [0.25, 0.3) is 0 Å². The predicted molar refractivity (Wildman–Crippen MR) is 80.6 cm³/mol. The number of halogens is 1. The zero-order valence-corrected chi connectivity index (χ0v) is 11.5. The van der Waals surface area contributed by atoms with Crippen molar-refractivity contribution >= 4 is 10.8 Å². The smallest absolute Gasteiger partial charge is 0.131 e. The first kappa shape index (κ1) is 12.7. The van der Waals surface area contributed by atoms with Crippen molar-refractivity contribution in [1.82, 2.24) is 0 Å². The van der Waals surface area contributed by atoms with E-state index >= 15 is 0 Å². The molecule has 20 heavy (non-hydrogen) atoms. The summed E-state index contributed by atoms with van der Waals surface area (Å²) in [5.41, 5.74) is 2.53. The standard InChI is InChI=1S/C18H15FO/c1-12-6-5-7-13-10-16(18(20-2)11-15(12)13)14-8-3-4-9-17(14)19/h3-11H,1-2H3. The van der Waals surface area contributed by atoms with Crippen molar-refractivity contribution in [2.45, 2.75) is 6.92 Å². The molecule has 0 heterocycles. The van der Waals surface area contributed by atoms with Crippen molar-refractivity contribution in [2.75, 3.05) is 7.11 Å². The summed E-state index contributed by atoms with van der Waals surface area (Å²) < 4.78 is 19.5. The maximum absolute atomic E-state index is 14.0. The number of ether oxygens (including phenoxy) is 1. The second-order valence-electron chi connectivity index (χ2n) is 4.83. The highest BCUT2D eigenvalue weighted by Gasteiger charge is 2.12. The van der Waals surface area contributed by atoms with E-state index in [1.54, 1.807) is 19.2 Å². The van der Waals surface area contributed by atoms with Crippen LogP contribution in [0.4, 0.5) is 4.39 Å². The molecule has 3 aromatic carbocycles. The van der Waals surface area contributed by atoms with E-state index < -0.39 is 0 Å². The van der Waals surface area contributed by atoms with Gasteiger partial charge in [0.1, 0.15) is 11.6 Å². The molecule has 0 saturated heterocycles. The molecule has 0 fully saturated rings. The van der Waals surface area contributed by atoms with Crippen LogP contribution >= 0.6 is 0 Å². The molecule has 0 aromatic heterocycles. The third-order valence-electron chi connectivity index (χ3n) is 3.58. The Bertz CT molecular complexity index is 777. The van der Waals surface area contributed by atoms with Gasteiger partial charge in [-0.3, -0.25) is 0 Å². The van der Waals surface area contributed by atoms with Crippen molar-refractivity contribution in [3.05, 3.63) is 66.0 Å². The van der Waals surface area contributed by atoms with Crippen molar-refractivity contribution in [3.8, 4) is 16.9 Å². The molecule has 0 aliphatic heterocycles. The van der Waals surface area contributed by atoms with Crippen molar-refractivity contribution in [3.63, 3.8) is 0 Å². The first-order valence-corrected chi connectivity index (χ1v) is 6.53. The third kappa shape index (κ3) is 2.03. The fraction of sp³-hybridized carbons (Fsp3) is 0.111. The number of aryl methyl sites for hydroxylation is 1. The Morgan fingerprint density at radius 3 is 2.45 bits per heavy atom. The minimum Gasteiger partial charge on any atom is -0.496 e. The highest BCUT2D eigenvalue weighted by molar-refractivity contribution is 5.92. The number of hydrogen-bond donors (Lipinski definition) is 0. The normalized spacial score (nSPS) is 10.8. The van der Waals surface area contributed by atoms with E-state index in [1.165, 1.54) is 11.6 Å². The molecule has 100 valence electrons. The summed E-state index contributed by atoms with van der Waals surface area (Å²) in [5.74, 6) is 0.453. The molecule has 2 heteroatoms. The molecular formula is C18H15FO. The molecule has 0 N–H and O–H groups in total. The number of methoxy groups -OCH3 is 1. The van der Waals surface area contributed by atoms with Gasteiger partial charge >= 0.3 is 0 Å². The Balaban J connectivity index is 2.33. The quantitative estimate of drug-likeness (QED) is 0.636. The minimum atomic E-state index is -0.238. The second kappa shape index (κ2) is 4.97. The van der Waals surface area contributed by atoms with Gasteiger partial charge < -0.3 is 4.74 Å². The monoisotopic (exact) mass is 266 g/mol. The van der Waals surface area contributed by atoms with Crippen LogP contribution in [0.1, 0.15) is 5.56 Å². The lowest BCUT2D eigenvalue weighted by atomic mass is 9.97. The van der Waals surface area contributed by atoms with Gasteiger partial charge in [-0.15, -0.1) is 0 Å². The van der Waals surface area contributed by atoms with Crippen LogP contribution in [0.2, 0.25) is 0 Å². The Hall–Kier alpha value is -2.35. The highest BCUT2D eigenvalue weighted by Crippen LogP contribution is 2.36. The summed E-state index contributed by atoms with van der Waals surface area (Å²) in [6, 6.07) is 16.8. The van der Waals surface area contributed by atoms with E-state index in [4.69, 9.17) is 4.74 Å². The van der Waals surface area contributed by atoms with Gasteiger partial charge in [-0.2, -0.15) is 0 Å². The van der Waals surface area contributed by atoms with Gasteiger partial charge in [-0.1, -0.05) is 36.4 Å². The average molecular weight is 266 g/mol. The SMILES string of the molecule is COc1cc2c(C)cccc2cc1-c1ccccc1F. The summed E-state index contributed by atoms with van der Waals surface area (Å²) in [7, 11) is 1.61. The lowest BCUT2D eigenvalue weighted by molar-refractivity contribution is 0.416. The van der Waals surface area contributed by atoms with E-state index in [0.717, 1.165) is 16.3 Å². The zero-order valence-electron chi connectivity index (χ0n) is 11.5. The molecular weight excluding hydrogens is 251 g/mol. The molecule has 3 rings (SSSR count). The zero-order chi connectivity index (χ0) is 14.1. The van der Waals surface area contributed by atoms with Crippen LogP contribution in [0, 0.1) is 12.7 Å². The predicted octanol–water partition coefficient (Wildman–Crippen LogP) is 4.96. The van der Waals surface area contributed by atoms with E-state index in [0.29, 0.717) is 11.3 Å². The van der Waals surface area contributed by atoms with Gasteiger partial charge in [0.15, 0.2) is 0 Å². The summed E-state index contributed by atoms with van der Waals surface area (Å²) in [4.78, 5) is 0. The molecule has 0 aliphatic carbocycles. The Labute approximate surface area is 117 Å². The fourth-order valence-corrected chi connectivity index (χ4v) is 2.52. The molecule has 0 spiro atoms. The van der Waals surface area contributed by atoms with Gasteiger partial charge in [0.05, 0.1) is 7.11 Å². The number of fused-ring (bicyclic) bond motifs is 1. The molecule has 0 aliphatic rings. The molecule has 0 saturated carbocycles. The van der Waals surface area contributed by atoms with Gasteiger partial charge in [0, 0.05) is 11.1 Å². The summed E-state index contributed by atoms with van der Waals surface area (Å²) in [5, 5.41) is 2.22. The summed E-state index contributed by atoms with van der Waals surface area (Å²) in [6.07, 6.45) is 0. The molecule has 0 atom stereocenters. The van der Waals surface area contributed by atoms with Crippen LogP contribution in [0.25, 0.3) is 21.9 Å². The van der Waals surface area contributed by atoms with Crippen molar-refractivity contribution in [1.29, 1.82) is 0 Å². The van der Waals surface area contributed by atoms with E-state index in [9.17, 15) is 4.39 Å². The summed E-state index contributed by atoms with van der Waals surface area (Å²) in [6.45, 7) is 2.06. The van der Waals surface area contributed by atoms with E-state index in [2.05, 4.69) is 13.0 Å². The maximum atomic E-state index is 14.0. The number of benzene rings is 3. The van der Waals surface area contributed by atoms with E-state index in [1.807, 2.05) is 30.3 Å². The number of rotatable bonds is 2.